The summed E-state index contributed by atoms with van der Waals surface area (Å²) in [6.07, 6.45) is 1.61. The Morgan fingerprint density at radius 3 is 2.64 bits per heavy atom. The number of halogens is 1. The van der Waals surface area contributed by atoms with Gasteiger partial charge in [0.15, 0.2) is 0 Å². The lowest BCUT2D eigenvalue weighted by molar-refractivity contribution is 0.597. The molecule has 0 unspecified atom stereocenters. The fourth-order valence-electron chi connectivity index (χ4n) is 4.22. The molecule has 200 valence electrons. The predicted octanol–water partition coefficient (Wildman–Crippen LogP) is 4.58. The van der Waals surface area contributed by atoms with Crippen molar-refractivity contribution < 1.29 is 12.8 Å². The van der Waals surface area contributed by atoms with Crippen LogP contribution in [-0.2, 0) is 23.6 Å². The molecule has 0 radical (unpaired) electrons. The van der Waals surface area contributed by atoms with Gasteiger partial charge in [0.05, 0.1) is 15.9 Å². The van der Waals surface area contributed by atoms with Crippen molar-refractivity contribution in [1.82, 2.24) is 19.5 Å². The number of benzene rings is 3. The SMILES string of the molecule is Cc1ccc(Nc2nccc(N(C)c3ccc4c(c3)nc(NCc3cccc(F)c3)n4C)n2)cc1S(N)(=O)=O. The van der Waals surface area contributed by atoms with E-state index in [9.17, 15) is 12.8 Å². The van der Waals surface area contributed by atoms with Crippen molar-refractivity contribution in [1.29, 1.82) is 0 Å². The Hall–Kier alpha value is -4.55. The number of sulfonamides is 1. The minimum atomic E-state index is -3.86. The van der Waals surface area contributed by atoms with Crippen molar-refractivity contribution in [3.8, 4) is 0 Å². The van der Waals surface area contributed by atoms with Gasteiger partial charge in [-0.1, -0.05) is 18.2 Å². The van der Waals surface area contributed by atoms with E-state index in [2.05, 4.69) is 20.6 Å². The van der Waals surface area contributed by atoms with E-state index in [1.165, 1.54) is 18.2 Å². The number of hydrogen-bond donors (Lipinski definition) is 3. The second kappa shape index (κ2) is 10.3. The molecule has 0 spiro atoms. The van der Waals surface area contributed by atoms with Crippen LogP contribution in [0, 0.1) is 12.7 Å². The third-order valence-electron chi connectivity index (χ3n) is 6.33. The van der Waals surface area contributed by atoms with Crippen LogP contribution in [0.15, 0.2) is 77.8 Å². The molecule has 0 saturated heterocycles. The minimum Gasteiger partial charge on any atom is -0.352 e. The standard InChI is InChI=1S/C27H27FN8O2S/c1-17-7-8-20(14-24(17)39(29,37)38)32-26-30-12-11-25(34-26)35(2)21-9-10-23-22(15-21)33-27(36(23)3)31-16-18-5-4-6-19(28)13-18/h4-15H,16H2,1-3H3,(H,31,33)(H2,29,37,38)(H,30,32,34). The van der Waals surface area contributed by atoms with Crippen LogP contribution in [0.3, 0.4) is 0 Å². The molecule has 5 rings (SSSR count). The molecule has 4 N–H and O–H groups in total. The van der Waals surface area contributed by atoms with Gasteiger partial charge in [0.1, 0.15) is 11.6 Å². The molecule has 0 atom stereocenters. The summed E-state index contributed by atoms with van der Waals surface area (Å²) in [6.45, 7) is 2.12. The average Bonchev–Trinajstić information content (AvgIpc) is 3.22. The molecule has 2 aromatic heterocycles. The summed E-state index contributed by atoms with van der Waals surface area (Å²) >= 11 is 0. The molecule has 0 aliphatic rings. The molecular formula is C27H27FN8O2S. The number of nitrogens with two attached hydrogens (primary N) is 1. The smallest absolute Gasteiger partial charge is 0.238 e. The van der Waals surface area contributed by atoms with Gasteiger partial charge >= 0.3 is 0 Å². The summed E-state index contributed by atoms with van der Waals surface area (Å²) in [5.41, 5.74) is 4.44. The van der Waals surface area contributed by atoms with Gasteiger partial charge in [-0.3, -0.25) is 0 Å². The van der Waals surface area contributed by atoms with E-state index in [0.29, 0.717) is 35.5 Å². The summed E-state index contributed by atoms with van der Waals surface area (Å²) < 4.78 is 39.2. The number of primary sulfonamides is 1. The number of nitrogens with zero attached hydrogens (tertiary/aromatic N) is 5. The number of hydrogen-bond acceptors (Lipinski definition) is 8. The average molecular weight is 547 g/mol. The van der Waals surface area contributed by atoms with Crippen LogP contribution in [0.5, 0.6) is 0 Å². The summed E-state index contributed by atoms with van der Waals surface area (Å²) in [6, 6.07) is 19.0. The molecule has 5 aromatic rings. The van der Waals surface area contributed by atoms with Gasteiger partial charge in [0.2, 0.25) is 21.9 Å². The first-order valence-electron chi connectivity index (χ1n) is 12.0. The number of nitrogens with one attached hydrogen (secondary N) is 2. The Bertz CT molecular complexity index is 1790. The van der Waals surface area contributed by atoms with Gasteiger partial charge in [-0.25, -0.2) is 27.9 Å². The molecule has 2 heterocycles. The molecule has 0 saturated carbocycles. The molecule has 0 fully saturated rings. The van der Waals surface area contributed by atoms with Crippen LogP contribution in [-0.4, -0.2) is 35.0 Å². The van der Waals surface area contributed by atoms with E-state index in [1.54, 1.807) is 37.4 Å². The largest absolute Gasteiger partial charge is 0.352 e. The van der Waals surface area contributed by atoms with Gasteiger partial charge in [-0.2, -0.15) is 4.98 Å². The van der Waals surface area contributed by atoms with Gasteiger partial charge in [-0.05, 0) is 66.6 Å². The Kier molecular flexibility index (Phi) is 6.89. The normalized spacial score (nSPS) is 11.5. The van der Waals surface area contributed by atoms with Gasteiger partial charge < -0.3 is 20.1 Å². The Balaban J connectivity index is 1.36. The number of imidazole rings is 1. The van der Waals surface area contributed by atoms with Crippen molar-refractivity contribution in [3.05, 3.63) is 89.9 Å². The Morgan fingerprint density at radius 2 is 1.87 bits per heavy atom. The van der Waals surface area contributed by atoms with Crippen molar-refractivity contribution in [2.45, 2.75) is 18.4 Å². The third-order valence-corrected chi connectivity index (χ3v) is 7.38. The van der Waals surface area contributed by atoms with E-state index in [1.807, 2.05) is 47.8 Å². The molecule has 0 bridgehead atoms. The van der Waals surface area contributed by atoms with Crippen LogP contribution >= 0.6 is 0 Å². The van der Waals surface area contributed by atoms with Crippen LogP contribution < -0.4 is 20.7 Å². The summed E-state index contributed by atoms with van der Waals surface area (Å²) in [5, 5.41) is 11.6. The highest BCUT2D eigenvalue weighted by Crippen LogP contribution is 2.28. The second-order valence-electron chi connectivity index (χ2n) is 9.10. The predicted molar refractivity (Wildman–Crippen MR) is 150 cm³/mol. The van der Waals surface area contributed by atoms with Crippen molar-refractivity contribution in [2.75, 3.05) is 22.6 Å². The zero-order valence-electron chi connectivity index (χ0n) is 21.6. The fraction of sp³-hybridized carbons (Fsp3) is 0.148. The van der Waals surface area contributed by atoms with Crippen LogP contribution in [0.2, 0.25) is 0 Å². The first-order valence-corrected chi connectivity index (χ1v) is 13.6. The zero-order valence-corrected chi connectivity index (χ0v) is 22.4. The molecule has 0 aliphatic heterocycles. The fourth-order valence-corrected chi connectivity index (χ4v) is 5.03. The molecule has 0 aliphatic carbocycles. The molecule has 39 heavy (non-hydrogen) atoms. The number of fused-ring (bicyclic) bond motifs is 1. The van der Waals surface area contributed by atoms with Crippen LogP contribution in [0.1, 0.15) is 11.1 Å². The monoisotopic (exact) mass is 546 g/mol. The molecule has 3 aromatic carbocycles. The third kappa shape index (κ3) is 5.66. The van der Waals surface area contributed by atoms with Crippen LogP contribution in [0.4, 0.5) is 33.5 Å². The summed E-state index contributed by atoms with van der Waals surface area (Å²) in [5.74, 6) is 1.30. The van der Waals surface area contributed by atoms with Gasteiger partial charge in [-0.15, -0.1) is 0 Å². The minimum absolute atomic E-state index is 0.0363. The van der Waals surface area contributed by atoms with Gasteiger partial charge in [0.25, 0.3) is 0 Å². The number of aromatic nitrogens is 4. The highest BCUT2D eigenvalue weighted by Gasteiger charge is 2.15. The quantitative estimate of drug-likeness (QED) is 0.258. The zero-order chi connectivity index (χ0) is 27.7. The van der Waals surface area contributed by atoms with E-state index >= 15 is 0 Å². The first-order chi connectivity index (χ1) is 18.6. The molecule has 12 heteroatoms. The number of anilines is 5. The summed E-state index contributed by atoms with van der Waals surface area (Å²) in [4.78, 5) is 15.5. The lowest BCUT2D eigenvalue weighted by atomic mass is 10.2. The number of aryl methyl sites for hydroxylation is 2. The van der Waals surface area contributed by atoms with Crippen molar-refractivity contribution >= 4 is 50.1 Å². The molecular weight excluding hydrogens is 519 g/mol. The van der Waals surface area contributed by atoms with Crippen molar-refractivity contribution in [3.63, 3.8) is 0 Å². The Morgan fingerprint density at radius 1 is 1.05 bits per heavy atom. The van der Waals surface area contributed by atoms with E-state index < -0.39 is 10.0 Å². The molecule has 10 nitrogen and oxygen atoms in total. The lowest BCUT2D eigenvalue weighted by Crippen LogP contribution is -2.14. The maximum absolute atomic E-state index is 13.5. The van der Waals surface area contributed by atoms with Gasteiger partial charge in [0, 0.05) is 38.2 Å². The van der Waals surface area contributed by atoms with E-state index in [-0.39, 0.29) is 10.7 Å². The maximum Gasteiger partial charge on any atom is 0.238 e. The van der Waals surface area contributed by atoms with Crippen LogP contribution in [0.25, 0.3) is 11.0 Å². The van der Waals surface area contributed by atoms with Crippen molar-refractivity contribution in [2.24, 2.45) is 12.2 Å². The van der Waals surface area contributed by atoms with E-state index in [0.717, 1.165) is 22.3 Å². The first kappa shape index (κ1) is 26.1. The van der Waals surface area contributed by atoms with E-state index in [4.69, 9.17) is 10.1 Å². The Labute approximate surface area is 225 Å². The topological polar surface area (TPSA) is 131 Å². The highest BCUT2D eigenvalue weighted by molar-refractivity contribution is 7.89. The second-order valence-corrected chi connectivity index (χ2v) is 10.6. The lowest BCUT2D eigenvalue weighted by Gasteiger charge is -2.19. The number of rotatable bonds is 8. The maximum atomic E-state index is 13.5. The summed E-state index contributed by atoms with van der Waals surface area (Å²) in [7, 11) is -0.0639. The molecule has 0 amide bonds. The highest BCUT2D eigenvalue weighted by atomic mass is 32.2.